The summed E-state index contributed by atoms with van der Waals surface area (Å²) in [7, 11) is 0. The highest BCUT2D eigenvalue weighted by atomic mass is 35.5. The Balaban J connectivity index is 2.09. The van der Waals surface area contributed by atoms with Crippen molar-refractivity contribution in [2.24, 2.45) is 0 Å². The zero-order chi connectivity index (χ0) is 14.5. The van der Waals surface area contributed by atoms with Crippen LogP contribution in [0.25, 0.3) is 0 Å². The summed E-state index contributed by atoms with van der Waals surface area (Å²) in [5.41, 5.74) is 3.26. The van der Waals surface area contributed by atoms with E-state index < -0.39 is 0 Å². The minimum absolute atomic E-state index is 0.0921. The van der Waals surface area contributed by atoms with Crippen molar-refractivity contribution in [3.63, 3.8) is 0 Å². The first kappa shape index (κ1) is 14.3. The van der Waals surface area contributed by atoms with Crippen molar-refractivity contribution in [3.05, 3.63) is 69.7 Å². The number of nitriles is 1. The van der Waals surface area contributed by atoms with E-state index in [1.54, 1.807) is 12.1 Å². The van der Waals surface area contributed by atoms with Crippen molar-refractivity contribution in [3.8, 4) is 6.07 Å². The Morgan fingerprint density at radius 1 is 1.20 bits per heavy atom. The molecule has 100 valence electrons. The molecule has 0 saturated carbocycles. The van der Waals surface area contributed by atoms with E-state index in [2.05, 4.69) is 6.07 Å². The molecule has 20 heavy (non-hydrogen) atoms. The number of hydrogen-bond acceptors (Lipinski definition) is 2. The number of carbonyl (C=O) groups excluding carboxylic acids is 1. The van der Waals surface area contributed by atoms with E-state index in [0.29, 0.717) is 17.0 Å². The number of ketones is 1. The smallest absolute Gasteiger partial charge is 0.141 e. The molecule has 3 heteroatoms. The van der Waals surface area contributed by atoms with Crippen LogP contribution in [0.2, 0.25) is 5.02 Å². The average Bonchev–Trinajstić information content (AvgIpc) is 2.43. The molecule has 0 aliphatic rings. The van der Waals surface area contributed by atoms with Gasteiger partial charge in [0.25, 0.3) is 0 Å². The van der Waals surface area contributed by atoms with Gasteiger partial charge in [-0.2, -0.15) is 5.26 Å². The minimum atomic E-state index is 0.0921. The molecule has 0 spiro atoms. The van der Waals surface area contributed by atoms with Crippen molar-refractivity contribution in [1.29, 1.82) is 5.26 Å². The number of Topliss-reactive ketones (excluding diaryl/α,β-unsaturated/α-hetero) is 1. The summed E-state index contributed by atoms with van der Waals surface area (Å²) in [4.78, 5) is 12.1. The van der Waals surface area contributed by atoms with Gasteiger partial charge in [-0.15, -0.1) is 0 Å². The molecule has 0 N–H and O–H groups in total. The lowest BCUT2D eigenvalue weighted by atomic mass is 9.99. The summed E-state index contributed by atoms with van der Waals surface area (Å²) in [5.74, 6) is 0.0921. The van der Waals surface area contributed by atoms with Gasteiger partial charge in [-0.3, -0.25) is 4.79 Å². The minimum Gasteiger partial charge on any atom is -0.299 e. The van der Waals surface area contributed by atoms with E-state index in [-0.39, 0.29) is 12.2 Å². The zero-order valence-corrected chi connectivity index (χ0v) is 11.9. The van der Waals surface area contributed by atoms with Crippen LogP contribution in [-0.2, 0) is 17.6 Å². The fourth-order valence-electron chi connectivity index (χ4n) is 2.10. The second kappa shape index (κ2) is 6.36. The van der Waals surface area contributed by atoms with Crippen LogP contribution in [0.5, 0.6) is 0 Å². The molecule has 2 nitrogen and oxygen atoms in total. The number of hydrogen-bond donors (Lipinski definition) is 0. The second-order valence-corrected chi connectivity index (χ2v) is 5.15. The summed E-state index contributed by atoms with van der Waals surface area (Å²) >= 11 is 5.97. The van der Waals surface area contributed by atoms with Crippen molar-refractivity contribution in [2.75, 3.05) is 0 Å². The van der Waals surface area contributed by atoms with Crippen LogP contribution in [0, 0.1) is 18.3 Å². The summed E-state index contributed by atoms with van der Waals surface area (Å²) in [6, 6.07) is 14.9. The lowest BCUT2D eigenvalue weighted by Crippen LogP contribution is -2.08. The molecular formula is C17H14ClNO. The molecule has 0 aromatic heterocycles. The van der Waals surface area contributed by atoms with Gasteiger partial charge in [0.2, 0.25) is 0 Å². The van der Waals surface area contributed by atoms with E-state index in [4.69, 9.17) is 16.9 Å². The van der Waals surface area contributed by atoms with Gasteiger partial charge in [-0.25, -0.2) is 0 Å². The number of aryl methyl sites for hydroxylation is 1. The third-order valence-electron chi connectivity index (χ3n) is 3.15. The van der Waals surface area contributed by atoms with Crippen molar-refractivity contribution < 1.29 is 4.79 Å². The van der Waals surface area contributed by atoms with E-state index in [0.717, 1.165) is 16.7 Å². The molecule has 0 bridgehead atoms. The third-order valence-corrected chi connectivity index (χ3v) is 3.57. The molecule has 0 unspecified atom stereocenters. The molecule has 0 amide bonds. The summed E-state index contributed by atoms with van der Waals surface area (Å²) in [6.45, 7) is 1.92. The number of rotatable bonds is 4. The Kier molecular flexibility index (Phi) is 4.55. The van der Waals surface area contributed by atoms with Crippen LogP contribution in [0.4, 0.5) is 0 Å². The lowest BCUT2D eigenvalue weighted by molar-refractivity contribution is -0.117. The van der Waals surface area contributed by atoms with Gasteiger partial charge >= 0.3 is 0 Å². The van der Waals surface area contributed by atoms with E-state index in [1.807, 2.05) is 37.3 Å². The quantitative estimate of drug-likeness (QED) is 0.854. The van der Waals surface area contributed by atoms with Crippen LogP contribution in [-0.4, -0.2) is 5.78 Å². The Labute approximate surface area is 123 Å². The van der Waals surface area contributed by atoms with Gasteiger partial charge in [-0.1, -0.05) is 41.9 Å². The predicted molar refractivity (Wildman–Crippen MR) is 79.8 cm³/mol. The first-order chi connectivity index (χ1) is 9.60. The number of halogens is 1. The van der Waals surface area contributed by atoms with Crippen LogP contribution in [0.1, 0.15) is 22.3 Å². The Hall–Kier alpha value is -2.11. The largest absolute Gasteiger partial charge is 0.299 e. The van der Waals surface area contributed by atoms with E-state index in [1.165, 1.54) is 0 Å². The van der Waals surface area contributed by atoms with E-state index >= 15 is 0 Å². The topological polar surface area (TPSA) is 40.9 Å². The molecule has 0 aliphatic carbocycles. The second-order valence-electron chi connectivity index (χ2n) is 4.74. The molecule has 2 aromatic rings. The normalized spacial score (nSPS) is 10.1. The summed E-state index contributed by atoms with van der Waals surface area (Å²) < 4.78 is 0. The van der Waals surface area contributed by atoms with Crippen LogP contribution in [0.3, 0.4) is 0 Å². The van der Waals surface area contributed by atoms with Gasteiger partial charge in [0.15, 0.2) is 0 Å². The maximum atomic E-state index is 12.1. The monoisotopic (exact) mass is 283 g/mol. The molecule has 0 radical (unpaired) electrons. The highest BCUT2D eigenvalue weighted by molar-refractivity contribution is 6.31. The summed E-state index contributed by atoms with van der Waals surface area (Å²) in [6.07, 6.45) is 0.642. The molecule has 0 fully saturated rings. The van der Waals surface area contributed by atoms with Crippen molar-refractivity contribution >= 4 is 17.4 Å². The number of nitrogens with zero attached hydrogens (tertiary/aromatic N) is 1. The molecule has 0 aliphatic heterocycles. The standard InChI is InChI=1S/C17H14ClNO/c1-12-8-13(6-7-17(12)18)9-16(20)10-14-4-2-3-5-15(14)11-19/h2-8H,9-10H2,1H3. The van der Waals surface area contributed by atoms with Gasteiger partial charge in [-0.05, 0) is 35.7 Å². The zero-order valence-electron chi connectivity index (χ0n) is 11.2. The van der Waals surface area contributed by atoms with Gasteiger partial charge in [0.1, 0.15) is 5.78 Å². The fourth-order valence-corrected chi connectivity index (χ4v) is 2.22. The first-order valence-corrected chi connectivity index (χ1v) is 6.72. The molecule has 0 saturated heterocycles. The van der Waals surface area contributed by atoms with Crippen LogP contribution < -0.4 is 0 Å². The van der Waals surface area contributed by atoms with Crippen molar-refractivity contribution in [2.45, 2.75) is 19.8 Å². The molecule has 2 aromatic carbocycles. The first-order valence-electron chi connectivity index (χ1n) is 6.35. The van der Waals surface area contributed by atoms with Crippen LogP contribution >= 0.6 is 11.6 Å². The maximum absolute atomic E-state index is 12.1. The van der Waals surface area contributed by atoms with Gasteiger partial charge < -0.3 is 0 Å². The molecule has 0 atom stereocenters. The van der Waals surface area contributed by atoms with E-state index in [9.17, 15) is 4.79 Å². The summed E-state index contributed by atoms with van der Waals surface area (Å²) in [5, 5.41) is 9.72. The highest BCUT2D eigenvalue weighted by Gasteiger charge is 2.09. The SMILES string of the molecule is Cc1cc(CC(=O)Cc2ccccc2C#N)ccc1Cl. The Morgan fingerprint density at radius 2 is 1.95 bits per heavy atom. The average molecular weight is 284 g/mol. The molecule has 0 heterocycles. The predicted octanol–water partition coefficient (Wildman–Crippen LogP) is 3.87. The number of carbonyl (C=O) groups is 1. The lowest BCUT2D eigenvalue weighted by Gasteiger charge is -2.05. The van der Waals surface area contributed by atoms with Crippen molar-refractivity contribution in [1.82, 2.24) is 0 Å². The Morgan fingerprint density at radius 3 is 2.65 bits per heavy atom. The maximum Gasteiger partial charge on any atom is 0.141 e. The molecule has 2 rings (SSSR count). The van der Waals surface area contributed by atoms with Gasteiger partial charge in [0.05, 0.1) is 11.6 Å². The fraction of sp³-hybridized carbons (Fsp3) is 0.176. The highest BCUT2D eigenvalue weighted by Crippen LogP contribution is 2.17. The Bertz CT molecular complexity index is 686. The molecular weight excluding hydrogens is 270 g/mol. The number of benzene rings is 2. The third kappa shape index (κ3) is 3.46. The van der Waals surface area contributed by atoms with Crippen LogP contribution in [0.15, 0.2) is 42.5 Å². The van der Waals surface area contributed by atoms with Gasteiger partial charge in [0, 0.05) is 17.9 Å².